The Morgan fingerprint density at radius 2 is 2.40 bits per heavy atom. The number of carboxylic acids is 1. The predicted octanol–water partition coefficient (Wildman–Crippen LogP) is 0.245. The molecule has 0 radical (unpaired) electrons. The van der Waals surface area contributed by atoms with Crippen molar-refractivity contribution in [2.45, 2.75) is 32.4 Å². The number of nitrogens with zero attached hydrogens (tertiary/aromatic N) is 4. The molecule has 0 aliphatic rings. The van der Waals surface area contributed by atoms with E-state index in [2.05, 4.69) is 15.5 Å². The van der Waals surface area contributed by atoms with Crippen LogP contribution in [-0.4, -0.2) is 38.4 Å². The quantitative estimate of drug-likeness (QED) is 0.729. The van der Waals surface area contributed by atoms with Crippen molar-refractivity contribution in [2.75, 3.05) is 7.11 Å². The molecule has 0 saturated heterocycles. The first-order chi connectivity index (χ1) is 7.20. The second-order valence-corrected chi connectivity index (χ2v) is 3.12. The van der Waals surface area contributed by atoms with E-state index in [1.165, 1.54) is 11.8 Å². The molecule has 0 saturated carbocycles. The summed E-state index contributed by atoms with van der Waals surface area (Å²) in [4.78, 5) is 11.0. The fraction of sp³-hybridized carbons (Fsp3) is 0.750. The van der Waals surface area contributed by atoms with Crippen LogP contribution >= 0.6 is 0 Å². The lowest BCUT2D eigenvalue weighted by atomic mass is 10.2. The average Bonchev–Trinajstić information content (AvgIpc) is 2.62. The van der Waals surface area contributed by atoms with Crippen molar-refractivity contribution < 1.29 is 14.6 Å². The minimum Gasteiger partial charge on any atom is -0.480 e. The van der Waals surface area contributed by atoms with Gasteiger partial charge < -0.3 is 9.84 Å². The normalized spacial score (nSPS) is 12.7. The zero-order valence-corrected chi connectivity index (χ0v) is 8.75. The molecule has 1 rings (SSSR count). The number of carboxylic acid groups (broad SMARTS) is 1. The fourth-order valence-electron chi connectivity index (χ4n) is 1.30. The minimum atomic E-state index is -0.929. The number of rotatable bonds is 6. The lowest BCUT2D eigenvalue weighted by Gasteiger charge is -2.12. The number of carbonyl (C=O) groups is 1. The second-order valence-electron chi connectivity index (χ2n) is 3.12. The zero-order chi connectivity index (χ0) is 11.3. The molecule has 1 N–H and O–H groups in total. The molecule has 0 aliphatic carbocycles. The van der Waals surface area contributed by atoms with Crippen LogP contribution in [0, 0.1) is 0 Å². The van der Waals surface area contributed by atoms with Gasteiger partial charge in [-0.1, -0.05) is 13.3 Å². The van der Waals surface area contributed by atoms with E-state index in [1.807, 2.05) is 6.92 Å². The lowest BCUT2D eigenvalue weighted by molar-refractivity contribution is -0.141. The van der Waals surface area contributed by atoms with Crippen molar-refractivity contribution in [1.29, 1.82) is 0 Å². The summed E-state index contributed by atoms with van der Waals surface area (Å²) in [5.74, 6) is -0.500. The molecule has 0 bridgehead atoms. The summed E-state index contributed by atoms with van der Waals surface area (Å²) in [7, 11) is 1.51. The monoisotopic (exact) mass is 214 g/mol. The van der Waals surface area contributed by atoms with Crippen molar-refractivity contribution in [2.24, 2.45) is 0 Å². The summed E-state index contributed by atoms with van der Waals surface area (Å²) in [6.45, 7) is 2.12. The molecule has 0 fully saturated rings. The molecular weight excluding hydrogens is 200 g/mol. The van der Waals surface area contributed by atoms with Gasteiger partial charge in [-0.3, -0.25) is 0 Å². The van der Waals surface area contributed by atoms with Crippen LogP contribution in [0.25, 0.3) is 0 Å². The average molecular weight is 214 g/mol. The third kappa shape index (κ3) is 2.72. The molecule has 0 aromatic carbocycles. The molecule has 7 nitrogen and oxygen atoms in total. The van der Waals surface area contributed by atoms with E-state index in [-0.39, 0.29) is 6.61 Å². The highest BCUT2D eigenvalue weighted by molar-refractivity contribution is 5.71. The molecule has 84 valence electrons. The number of aromatic nitrogens is 4. The van der Waals surface area contributed by atoms with E-state index < -0.39 is 12.0 Å². The van der Waals surface area contributed by atoms with Crippen LogP contribution < -0.4 is 0 Å². The Morgan fingerprint density at radius 1 is 1.67 bits per heavy atom. The number of hydrogen-bond donors (Lipinski definition) is 1. The topological polar surface area (TPSA) is 90.1 Å². The lowest BCUT2D eigenvalue weighted by Crippen LogP contribution is -2.22. The molecule has 1 heterocycles. The summed E-state index contributed by atoms with van der Waals surface area (Å²) in [6, 6.07) is -0.713. The summed E-state index contributed by atoms with van der Waals surface area (Å²) >= 11 is 0. The van der Waals surface area contributed by atoms with Crippen LogP contribution in [0.1, 0.15) is 31.6 Å². The van der Waals surface area contributed by atoms with E-state index in [0.717, 1.165) is 6.42 Å². The van der Waals surface area contributed by atoms with Crippen molar-refractivity contribution in [3.63, 3.8) is 0 Å². The maximum atomic E-state index is 11.0. The van der Waals surface area contributed by atoms with Crippen LogP contribution in [-0.2, 0) is 16.1 Å². The van der Waals surface area contributed by atoms with Crippen LogP contribution in [0.2, 0.25) is 0 Å². The van der Waals surface area contributed by atoms with E-state index in [4.69, 9.17) is 9.84 Å². The Labute approximate surface area is 87.0 Å². The van der Waals surface area contributed by atoms with Gasteiger partial charge in [-0.2, -0.15) is 0 Å². The third-order valence-electron chi connectivity index (χ3n) is 1.98. The van der Waals surface area contributed by atoms with Crippen LogP contribution in [0.4, 0.5) is 0 Å². The fourth-order valence-corrected chi connectivity index (χ4v) is 1.30. The Balaban J connectivity index is 2.89. The highest BCUT2D eigenvalue weighted by atomic mass is 16.5. The van der Waals surface area contributed by atoms with E-state index in [0.29, 0.717) is 12.2 Å². The molecule has 1 atom stereocenters. The maximum Gasteiger partial charge on any atom is 0.328 e. The number of ether oxygens (including phenoxy) is 1. The van der Waals surface area contributed by atoms with E-state index >= 15 is 0 Å². The number of tetrazole rings is 1. The van der Waals surface area contributed by atoms with E-state index in [9.17, 15) is 4.79 Å². The molecule has 0 aliphatic heterocycles. The summed E-state index contributed by atoms with van der Waals surface area (Å²) in [6.07, 6.45) is 1.25. The Bertz CT molecular complexity index is 325. The zero-order valence-electron chi connectivity index (χ0n) is 8.75. The SMILES string of the molecule is CCCC(C(=O)O)n1nnnc1COC. The van der Waals surface area contributed by atoms with E-state index in [1.54, 1.807) is 0 Å². The molecule has 1 unspecified atom stereocenters. The third-order valence-corrected chi connectivity index (χ3v) is 1.98. The Hall–Kier alpha value is -1.50. The largest absolute Gasteiger partial charge is 0.480 e. The molecule has 15 heavy (non-hydrogen) atoms. The van der Waals surface area contributed by atoms with Crippen LogP contribution in [0.5, 0.6) is 0 Å². The van der Waals surface area contributed by atoms with Crippen molar-refractivity contribution >= 4 is 5.97 Å². The standard InChI is InChI=1S/C8H14N4O3/c1-3-4-6(8(13)14)12-7(5-15-2)9-10-11-12/h6H,3-5H2,1-2H3,(H,13,14). The first-order valence-electron chi connectivity index (χ1n) is 4.69. The van der Waals surface area contributed by atoms with Gasteiger partial charge in [-0.05, 0) is 16.8 Å². The number of methoxy groups -OCH3 is 1. The van der Waals surface area contributed by atoms with Gasteiger partial charge in [0.15, 0.2) is 11.9 Å². The molecule has 0 spiro atoms. The first kappa shape index (κ1) is 11.6. The summed E-state index contributed by atoms with van der Waals surface area (Å²) in [5, 5.41) is 19.8. The van der Waals surface area contributed by atoms with Crippen molar-refractivity contribution in [1.82, 2.24) is 20.2 Å². The molecule has 1 aromatic heterocycles. The molecular formula is C8H14N4O3. The molecule has 0 amide bonds. The maximum absolute atomic E-state index is 11.0. The summed E-state index contributed by atoms with van der Waals surface area (Å²) in [5.41, 5.74) is 0. The van der Waals surface area contributed by atoms with Gasteiger partial charge in [0, 0.05) is 7.11 Å². The van der Waals surface area contributed by atoms with Gasteiger partial charge in [-0.15, -0.1) is 5.10 Å². The van der Waals surface area contributed by atoms with Gasteiger partial charge in [0.1, 0.15) is 6.61 Å². The first-order valence-corrected chi connectivity index (χ1v) is 4.69. The Kier molecular flexibility index (Phi) is 4.17. The number of hydrogen-bond acceptors (Lipinski definition) is 5. The van der Waals surface area contributed by atoms with Crippen molar-refractivity contribution in [3.8, 4) is 0 Å². The highest BCUT2D eigenvalue weighted by Gasteiger charge is 2.23. The van der Waals surface area contributed by atoms with Gasteiger partial charge in [0.25, 0.3) is 0 Å². The molecule has 1 aromatic rings. The second kappa shape index (κ2) is 5.40. The minimum absolute atomic E-state index is 0.209. The van der Waals surface area contributed by atoms with Gasteiger partial charge in [-0.25, -0.2) is 9.48 Å². The van der Waals surface area contributed by atoms with Crippen LogP contribution in [0.15, 0.2) is 0 Å². The van der Waals surface area contributed by atoms with Crippen molar-refractivity contribution in [3.05, 3.63) is 5.82 Å². The van der Waals surface area contributed by atoms with Crippen LogP contribution in [0.3, 0.4) is 0 Å². The van der Waals surface area contributed by atoms with Gasteiger partial charge >= 0.3 is 5.97 Å². The highest BCUT2D eigenvalue weighted by Crippen LogP contribution is 2.14. The smallest absolute Gasteiger partial charge is 0.328 e. The predicted molar refractivity (Wildman–Crippen MR) is 50.1 cm³/mol. The molecule has 7 heteroatoms. The number of aliphatic carboxylic acids is 1. The summed E-state index contributed by atoms with van der Waals surface area (Å²) < 4.78 is 6.18. The van der Waals surface area contributed by atoms with Gasteiger partial charge in [0.05, 0.1) is 0 Å². The Morgan fingerprint density at radius 3 is 2.93 bits per heavy atom. The van der Waals surface area contributed by atoms with Gasteiger partial charge in [0.2, 0.25) is 0 Å².